The zero-order valence-corrected chi connectivity index (χ0v) is 10.8. The van der Waals surface area contributed by atoms with Gasteiger partial charge < -0.3 is 0 Å². The van der Waals surface area contributed by atoms with E-state index in [1.165, 1.54) is 23.7 Å². The van der Waals surface area contributed by atoms with E-state index in [1.54, 1.807) is 0 Å². The third kappa shape index (κ3) is 1.43. The summed E-state index contributed by atoms with van der Waals surface area (Å²) in [7, 11) is 0. The second-order valence-corrected chi connectivity index (χ2v) is 5.50. The summed E-state index contributed by atoms with van der Waals surface area (Å²) < 4.78 is 15.7. The maximum atomic E-state index is 13.7. The molecule has 0 saturated heterocycles. The lowest BCUT2D eigenvalue weighted by molar-refractivity contribution is 0.641. The molecule has 0 aliphatic rings. The quantitative estimate of drug-likeness (QED) is 0.574. The van der Waals surface area contributed by atoms with Crippen molar-refractivity contribution in [2.45, 2.75) is 0 Å². The number of fused-ring (bicyclic) bond motifs is 3. The van der Waals surface area contributed by atoms with E-state index in [0.717, 1.165) is 10.1 Å². The summed E-state index contributed by atoms with van der Waals surface area (Å²) in [6.45, 7) is 0. The summed E-state index contributed by atoms with van der Waals surface area (Å²) in [5, 5.41) is 1.12. The van der Waals surface area contributed by atoms with Gasteiger partial charge in [0.15, 0.2) is 0 Å². The Kier molecular flexibility index (Phi) is 2.34. The number of rotatable bonds is 0. The summed E-state index contributed by atoms with van der Waals surface area (Å²) in [5.74, 6) is -0.275. The van der Waals surface area contributed by atoms with Crippen LogP contribution in [0.4, 0.5) is 4.39 Å². The van der Waals surface area contributed by atoms with Gasteiger partial charge in [-0.2, -0.15) is 0 Å². The molecule has 0 N–H and O–H groups in total. The first-order valence-corrected chi connectivity index (χ1v) is 6.33. The van der Waals surface area contributed by atoms with Crippen LogP contribution >= 0.6 is 38.9 Å². The second kappa shape index (κ2) is 3.61. The van der Waals surface area contributed by atoms with E-state index in [0.29, 0.717) is 19.8 Å². The topological polar surface area (TPSA) is 25.8 Å². The van der Waals surface area contributed by atoms with Crippen LogP contribution in [0, 0.1) is 5.82 Å². The third-order valence-electron chi connectivity index (χ3n) is 2.23. The Morgan fingerprint density at radius 3 is 2.88 bits per heavy atom. The maximum absolute atomic E-state index is 13.7. The van der Waals surface area contributed by atoms with E-state index in [-0.39, 0.29) is 5.82 Å². The number of aromatic nitrogens is 2. The molecular weight excluding hydrogens is 315 g/mol. The van der Waals surface area contributed by atoms with Crippen molar-refractivity contribution >= 4 is 59.2 Å². The van der Waals surface area contributed by atoms with E-state index in [1.807, 2.05) is 6.07 Å². The molecule has 2 heterocycles. The van der Waals surface area contributed by atoms with Gasteiger partial charge in [0.25, 0.3) is 0 Å². The van der Waals surface area contributed by atoms with Crippen LogP contribution in [0.25, 0.3) is 20.3 Å². The normalized spacial score (nSPS) is 11.4. The lowest BCUT2D eigenvalue weighted by Crippen LogP contribution is -1.79. The van der Waals surface area contributed by atoms with Gasteiger partial charge in [-0.1, -0.05) is 27.5 Å². The van der Waals surface area contributed by atoms with Crippen LogP contribution in [0.1, 0.15) is 0 Å². The predicted molar refractivity (Wildman–Crippen MR) is 67.6 cm³/mol. The van der Waals surface area contributed by atoms with E-state index < -0.39 is 0 Å². The van der Waals surface area contributed by atoms with Crippen molar-refractivity contribution in [3.8, 4) is 0 Å². The summed E-state index contributed by atoms with van der Waals surface area (Å²) in [4.78, 5) is 8.03. The van der Waals surface area contributed by atoms with Crippen molar-refractivity contribution in [2.75, 3.05) is 0 Å². The fourth-order valence-corrected chi connectivity index (χ4v) is 3.28. The molecule has 0 spiro atoms. The van der Waals surface area contributed by atoms with Gasteiger partial charge in [-0.25, -0.2) is 14.4 Å². The molecule has 1 aromatic carbocycles. The molecule has 16 heavy (non-hydrogen) atoms. The standard InChI is InChI=1S/C10H3BrClFN2S/c11-4-1-5-7-9(10(12)15-3-14-7)16-8(5)6(13)2-4/h1-3H. The maximum Gasteiger partial charge on any atom is 0.150 e. The summed E-state index contributed by atoms with van der Waals surface area (Å²) in [6.07, 6.45) is 1.38. The van der Waals surface area contributed by atoms with E-state index in [4.69, 9.17) is 11.6 Å². The lowest BCUT2D eigenvalue weighted by Gasteiger charge is -1.94. The molecule has 0 amide bonds. The van der Waals surface area contributed by atoms with Gasteiger partial charge >= 0.3 is 0 Å². The molecule has 0 fully saturated rings. The Morgan fingerprint density at radius 1 is 1.25 bits per heavy atom. The van der Waals surface area contributed by atoms with Crippen LogP contribution in [-0.2, 0) is 0 Å². The molecule has 2 nitrogen and oxygen atoms in total. The smallest absolute Gasteiger partial charge is 0.150 e. The van der Waals surface area contributed by atoms with Crippen molar-refractivity contribution in [1.82, 2.24) is 9.97 Å². The monoisotopic (exact) mass is 316 g/mol. The van der Waals surface area contributed by atoms with Gasteiger partial charge in [0.1, 0.15) is 17.3 Å². The Hall–Kier alpha value is -0.780. The second-order valence-electron chi connectivity index (χ2n) is 3.21. The number of benzene rings is 1. The minimum atomic E-state index is -0.275. The molecular formula is C10H3BrClFN2S. The molecule has 0 radical (unpaired) electrons. The van der Waals surface area contributed by atoms with Crippen LogP contribution in [-0.4, -0.2) is 9.97 Å². The minimum absolute atomic E-state index is 0.275. The lowest BCUT2D eigenvalue weighted by atomic mass is 10.2. The largest absolute Gasteiger partial charge is 0.235 e. The van der Waals surface area contributed by atoms with Crippen molar-refractivity contribution in [1.29, 1.82) is 0 Å². The van der Waals surface area contributed by atoms with Gasteiger partial charge in [0, 0.05) is 9.86 Å². The zero-order chi connectivity index (χ0) is 11.3. The summed E-state index contributed by atoms with van der Waals surface area (Å²) >= 11 is 10.5. The van der Waals surface area contributed by atoms with Crippen molar-refractivity contribution in [3.05, 3.63) is 33.9 Å². The van der Waals surface area contributed by atoms with Gasteiger partial charge in [0.05, 0.1) is 14.9 Å². The Balaban J connectivity index is 2.61. The predicted octanol–water partition coefficient (Wildman–Crippen LogP) is 4.40. The first-order valence-electron chi connectivity index (χ1n) is 4.34. The average molecular weight is 318 g/mol. The number of hydrogen-bond acceptors (Lipinski definition) is 3. The van der Waals surface area contributed by atoms with Crippen LogP contribution in [0.5, 0.6) is 0 Å². The highest BCUT2D eigenvalue weighted by Crippen LogP contribution is 2.38. The SMILES string of the molecule is Fc1cc(Br)cc2c1sc1c(Cl)ncnc12. The first-order chi connectivity index (χ1) is 7.66. The van der Waals surface area contributed by atoms with E-state index in [2.05, 4.69) is 25.9 Å². The molecule has 2 aromatic heterocycles. The van der Waals surface area contributed by atoms with Gasteiger partial charge in [-0.3, -0.25) is 0 Å². The number of halogens is 3. The summed E-state index contributed by atoms with van der Waals surface area (Å²) in [5.41, 5.74) is 0.695. The molecule has 0 saturated carbocycles. The fraction of sp³-hybridized carbons (Fsp3) is 0. The molecule has 3 rings (SSSR count). The Morgan fingerprint density at radius 2 is 2.06 bits per heavy atom. The Labute approximate surface area is 107 Å². The molecule has 6 heteroatoms. The molecule has 80 valence electrons. The third-order valence-corrected chi connectivity index (χ3v) is 4.29. The number of hydrogen-bond donors (Lipinski definition) is 0. The molecule has 0 bridgehead atoms. The number of thiophene rings is 1. The van der Waals surface area contributed by atoms with Crippen LogP contribution in [0.15, 0.2) is 22.9 Å². The zero-order valence-electron chi connectivity index (χ0n) is 7.67. The van der Waals surface area contributed by atoms with Gasteiger partial charge in [0.2, 0.25) is 0 Å². The van der Waals surface area contributed by atoms with E-state index in [9.17, 15) is 4.39 Å². The molecule has 0 atom stereocenters. The molecule has 3 aromatic rings. The van der Waals surface area contributed by atoms with Crippen molar-refractivity contribution in [2.24, 2.45) is 0 Å². The van der Waals surface area contributed by atoms with Gasteiger partial charge in [-0.05, 0) is 12.1 Å². The van der Waals surface area contributed by atoms with Gasteiger partial charge in [-0.15, -0.1) is 11.3 Å². The average Bonchev–Trinajstić information content (AvgIpc) is 2.59. The molecule has 0 aliphatic carbocycles. The first kappa shape index (κ1) is 10.4. The van der Waals surface area contributed by atoms with Crippen molar-refractivity contribution < 1.29 is 4.39 Å². The highest BCUT2D eigenvalue weighted by Gasteiger charge is 2.13. The Bertz CT molecular complexity index is 713. The fourth-order valence-electron chi connectivity index (χ4n) is 1.58. The van der Waals surface area contributed by atoms with Crippen LogP contribution in [0.2, 0.25) is 5.15 Å². The van der Waals surface area contributed by atoms with Crippen LogP contribution in [0.3, 0.4) is 0 Å². The molecule has 0 unspecified atom stereocenters. The highest BCUT2D eigenvalue weighted by atomic mass is 79.9. The van der Waals surface area contributed by atoms with Crippen molar-refractivity contribution in [3.63, 3.8) is 0 Å². The number of nitrogens with zero attached hydrogens (tertiary/aromatic N) is 2. The van der Waals surface area contributed by atoms with E-state index >= 15 is 0 Å². The minimum Gasteiger partial charge on any atom is -0.235 e. The van der Waals surface area contributed by atoms with Crippen LogP contribution < -0.4 is 0 Å². The highest BCUT2D eigenvalue weighted by molar-refractivity contribution is 9.10. The summed E-state index contributed by atoms with van der Waals surface area (Å²) in [6, 6.07) is 3.26. The molecule has 0 aliphatic heterocycles.